The van der Waals surface area contributed by atoms with Gasteiger partial charge in [-0.1, -0.05) is 12.8 Å². The zero-order valence-corrected chi connectivity index (χ0v) is 12.8. The first-order chi connectivity index (χ1) is 9.81. The number of nitrogens with one attached hydrogen (secondary N) is 1. The second kappa shape index (κ2) is 6.27. The third kappa shape index (κ3) is 2.63. The molecule has 1 aromatic heterocycles. The van der Waals surface area contributed by atoms with Crippen molar-refractivity contribution >= 4 is 0 Å². The molecule has 1 unspecified atom stereocenters. The summed E-state index contributed by atoms with van der Waals surface area (Å²) in [5, 5.41) is 3.45. The SMILES string of the molecule is CCOCC(C)n1c(C2CCCC2)nc2c1CCNC2. The third-order valence-corrected chi connectivity index (χ3v) is 4.68. The van der Waals surface area contributed by atoms with Gasteiger partial charge in [0.1, 0.15) is 5.82 Å². The van der Waals surface area contributed by atoms with Crippen LogP contribution in [0.3, 0.4) is 0 Å². The molecule has 0 amide bonds. The molecule has 0 spiro atoms. The quantitative estimate of drug-likeness (QED) is 0.899. The molecule has 0 bridgehead atoms. The molecule has 3 rings (SSSR count). The molecule has 20 heavy (non-hydrogen) atoms. The summed E-state index contributed by atoms with van der Waals surface area (Å²) < 4.78 is 8.18. The molecule has 1 atom stereocenters. The minimum atomic E-state index is 0.403. The highest BCUT2D eigenvalue weighted by atomic mass is 16.5. The maximum atomic E-state index is 5.66. The van der Waals surface area contributed by atoms with Gasteiger partial charge in [0.2, 0.25) is 0 Å². The summed E-state index contributed by atoms with van der Waals surface area (Å²) in [4.78, 5) is 5.01. The van der Waals surface area contributed by atoms with Gasteiger partial charge < -0.3 is 14.6 Å². The smallest absolute Gasteiger partial charge is 0.112 e. The van der Waals surface area contributed by atoms with Crippen LogP contribution < -0.4 is 5.32 Å². The Morgan fingerprint density at radius 1 is 1.40 bits per heavy atom. The second-order valence-corrected chi connectivity index (χ2v) is 6.15. The van der Waals surface area contributed by atoms with Crippen LogP contribution in [-0.4, -0.2) is 29.3 Å². The lowest BCUT2D eigenvalue weighted by atomic mass is 10.1. The molecule has 4 nitrogen and oxygen atoms in total. The van der Waals surface area contributed by atoms with E-state index in [1.807, 2.05) is 0 Å². The first-order valence-corrected chi connectivity index (χ1v) is 8.19. The van der Waals surface area contributed by atoms with Crippen LogP contribution >= 0.6 is 0 Å². The van der Waals surface area contributed by atoms with Crippen molar-refractivity contribution in [3.63, 3.8) is 0 Å². The van der Waals surface area contributed by atoms with Crippen molar-refractivity contribution in [2.75, 3.05) is 19.8 Å². The largest absolute Gasteiger partial charge is 0.380 e. The number of fused-ring (bicyclic) bond motifs is 1. The Morgan fingerprint density at radius 2 is 2.20 bits per heavy atom. The molecule has 1 aromatic rings. The minimum Gasteiger partial charge on any atom is -0.380 e. The highest BCUT2D eigenvalue weighted by Gasteiger charge is 2.28. The Morgan fingerprint density at radius 3 is 2.95 bits per heavy atom. The summed E-state index contributed by atoms with van der Waals surface area (Å²) in [6.45, 7) is 7.94. The fourth-order valence-corrected chi connectivity index (χ4v) is 3.68. The van der Waals surface area contributed by atoms with Gasteiger partial charge in [0.25, 0.3) is 0 Å². The number of ether oxygens (including phenoxy) is 1. The van der Waals surface area contributed by atoms with Crippen molar-refractivity contribution in [1.82, 2.24) is 14.9 Å². The minimum absolute atomic E-state index is 0.403. The lowest BCUT2D eigenvalue weighted by Gasteiger charge is -2.23. The molecule has 112 valence electrons. The Kier molecular flexibility index (Phi) is 4.41. The normalized spacial score (nSPS) is 21.1. The number of hydrogen-bond acceptors (Lipinski definition) is 3. The summed E-state index contributed by atoms with van der Waals surface area (Å²) in [6.07, 6.45) is 6.45. The zero-order valence-electron chi connectivity index (χ0n) is 12.8. The van der Waals surface area contributed by atoms with E-state index in [1.54, 1.807) is 0 Å². The first kappa shape index (κ1) is 14.1. The van der Waals surface area contributed by atoms with E-state index in [9.17, 15) is 0 Å². The van der Waals surface area contributed by atoms with E-state index in [0.29, 0.717) is 12.0 Å². The van der Waals surface area contributed by atoms with Gasteiger partial charge in [-0.15, -0.1) is 0 Å². The van der Waals surface area contributed by atoms with Gasteiger partial charge in [-0.25, -0.2) is 4.98 Å². The molecule has 1 saturated carbocycles. The van der Waals surface area contributed by atoms with Gasteiger partial charge >= 0.3 is 0 Å². The molecular weight excluding hydrogens is 250 g/mol. The van der Waals surface area contributed by atoms with Gasteiger partial charge in [0.15, 0.2) is 0 Å². The molecule has 1 aliphatic heterocycles. The topological polar surface area (TPSA) is 39.1 Å². The van der Waals surface area contributed by atoms with E-state index in [1.165, 1.54) is 42.9 Å². The van der Waals surface area contributed by atoms with Gasteiger partial charge in [-0.05, 0) is 26.7 Å². The Bertz CT molecular complexity index is 449. The highest BCUT2D eigenvalue weighted by molar-refractivity contribution is 5.23. The van der Waals surface area contributed by atoms with Crippen molar-refractivity contribution in [3.05, 3.63) is 17.2 Å². The van der Waals surface area contributed by atoms with Gasteiger partial charge in [-0.3, -0.25) is 0 Å². The predicted molar refractivity (Wildman–Crippen MR) is 80.1 cm³/mol. The zero-order chi connectivity index (χ0) is 13.9. The van der Waals surface area contributed by atoms with E-state index < -0.39 is 0 Å². The summed E-state index contributed by atoms with van der Waals surface area (Å²) in [5.41, 5.74) is 2.74. The van der Waals surface area contributed by atoms with E-state index in [-0.39, 0.29) is 0 Å². The molecule has 0 radical (unpaired) electrons. The summed E-state index contributed by atoms with van der Waals surface area (Å²) in [6, 6.07) is 0.403. The highest BCUT2D eigenvalue weighted by Crippen LogP contribution is 2.36. The molecule has 4 heteroatoms. The number of rotatable bonds is 5. The molecular formula is C16H27N3O. The van der Waals surface area contributed by atoms with Crippen LogP contribution in [0.15, 0.2) is 0 Å². The Balaban J connectivity index is 1.92. The second-order valence-electron chi connectivity index (χ2n) is 6.15. The van der Waals surface area contributed by atoms with E-state index in [2.05, 4.69) is 23.7 Å². The van der Waals surface area contributed by atoms with Crippen molar-refractivity contribution in [2.24, 2.45) is 0 Å². The van der Waals surface area contributed by atoms with Crippen molar-refractivity contribution in [2.45, 2.75) is 64.5 Å². The lowest BCUT2D eigenvalue weighted by Crippen LogP contribution is -2.26. The molecule has 1 N–H and O–H groups in total. The maximum absolute atomic E-state index is 5.66. The van der Waals surface area contributed by atoms with Crippen LogP contribution in [0.25, 0.3) is 0 Å². The first-order valence-electron chi connectivity index (χ1n) is 8.19. The van der Waals surface area contributed by atoms with E-state index in [0.717, 1.165) is 32.7 Å². The van der Waals surface area contributed by atoms with Crippen molar-refractivity contribution in [3.8, 4) is 0 Å². The van der Waals surface area contributed by atoms with Crippen molar-refractivity contribution < 1.29 is 4.74 Å². The van der Waals surface area contributed by atoms with Crippen LogP contribution in [-0.2, 0) is 17.7 Å². The van der Waals surface area contributed by atoms with Crippen LogP contribution in [0, 0.1) is 0 Å². The van der Waals surface area contributed by atoms with Gasteiger partial charge in [0.05, 0.1) is 18.3 Å². The average Bonchev–Trinajstić information content (AvgIpc) is 3.11. The summed E-state index contributed by atoms with van der Waals surface area (Å²) in [7, 11) is 0. The molecule has 2 heterocycles. The standard InChI is InChI=1S/C16H27N3O/c1-3-20-11-12(2)19-15-8-9-17-10-14(15)18-16(19)13-6-4-5-7-13/h12-13,17H,3-11H2,1-2H3. The van der Waals surface area contributed by atoms with Gasteiger partial charge in [-0.2, -0.15) is 0 Å². The van der Waals surface area contributed by atoms with Crippen LogP contribution in [0.5, 0.6) is 0 Å². The number of hydrogen-bond donors (Lipinski definition) is 1. The maximum Gasteiger partial charge on any atom is 0.112 e. The van der Waals surface area contributed by atoms with Crippen LogP contribution in [0.4, 0.5) is 0 Å². The average molecular weight is 277 g/mol. The van der Waals surface area contributed by atoms with E-state index >= 15 is 0 Å². The fourth-order valence-electron chi connectivity index (χ4n) is 3.68. The number of imidazole rings is 1. The lowest BCUT2D eigenvalue weighted by molar-refractivity contribution is 0.116. The fraction of sp³-hybridized carbons (Fsp3) is 0.812. The number of aromatic nitrogens is 2. The number of nitrogens with zero attached hydrogens (tertiary/aromatic N) is 2. The summed E-state index contributed by atoms with van der Waals surface area (Å²) in [5.74, 6) is 2.01. The molecule has 1 fully saturated rings. The monoisotopic (exact) mass is 277 g/mol. The van der Waals surface area contributed by atoms with Crippen molar-refractivity contribution in [1.29, 1.82) is 0 Å². The third-order valence-electron chi connectivity index (χ3n) is 4.68. The van der Waals surface area contributed by atoms with Crippen LogP contribution in [0.1, 0.15) is 68.7 Å². The van der Waals surface area contributed by atoms with E-state index in [4.69, 9.17) is 9.72 Å². The van der Waals surface area contributed by atoms with Gasteiger partial charge in [0, 0.05) is 37.7 Å². The molecule has 0 saturated heterocycles. The Labute approximate surface area is 121 Å². The van der Waals surface area contributed by atoms with Crippen LogP contribution in [0.2, 0.25) is 0 Å². The molecule has 2 aliphatic rings. The molecule has 0 aromatic carbocycles. The molecule has 1 aliphatic carbocycles. The predicted octanol–water partition coefficient (Wildman–Crippen LogP) is 2.78. The summed E-state index contributed by atoms with van der Waals surface area (Å²) >= 11 is 0. The Hall–Kier alpha value is -0.870.